The minimum absolute atomic E-state index is 0.00488. The number of rotatable bonds is 5. The van der Waals surface area contributed by atoms with Crippen molar-refractivity contribution in [2.45, 2.75) is 51.7 Å². The Bertz CT molecular complexity index is 1220. The predicted octanol–water partition coefficient (Wildman–Crippen LogP) is 5.60. The molecule has 2 aliphatic carbocycles. The molecule has 0 amide bonds. The minimum Gasteiger partial charge on any atom is -0.324 e. The van der Waals surface area contributed by atoms with Crippen LogP contribution in [0.2, 0.25) is 0 Å². The lowest BCUT2D eigenvalue weighted by Gasteiger charge is -2.39. The third-order valence-corrected chi connectivity index (χ3v) is 7.95. The Hall–Kier alpha value is -2.47. The van der Waals surface area contributed by atoms with Crippen LogP contribution in [0.25, 0.3) is 22.1 Å². The van der Waals surface area contributed by atoms with Gasteiger partial charge in [0.15, 0.2) is 11.4 Å². The largest absolute Gasteiger partial charge is 0.324 e. The number of hydrogen-bond donors (Lipinski definition) is 0. The number of nitrogens with zero attached hydrogens (tertiary/aromatic N) is 4. The first kappa shape index (κ1) is 20.4. The molecule has 2 aliphatic rings. The molecule has 31 heavy (non-hydrogen) atoms. The maximum Gasteiger partial charge on any atom is 0.211 e. The third-order valence-electron chi connectivity index (χ3n) is 6.95. The number of benzene rings is 1. The van der Waals surface area contributed by atoms with Crippen LogP contribution in [0.5, 0.6) is 0 Å². The Morgan fingerprint density at radius 1 is 1.26 bits per heavy atom. The number of para-hydroxylation sites is 1. The van der Waals surface area contributed by atoms with Gasteiger partial charge in [-0.05, 0) is 43.7 Å². The van der Waals surface area contributed by atoms with Gasteiger partial charge in [-0.15, -0.1) is 10.2 Å². The monoisotopic (exact) mass is 432 g/mol. The fourth-order valence-electron chi connectivity index (χ4n) is 5.46. The molecule has 2 heterocycles. The molecule has 2 atom stereocenters. The molecule has 0 saturated heterocycles. The summed E-state index contributed by atoms with van der Waals surface area (Å²) in [5.74, 6) is 2.11. The van der Waals surface area contributed by atoms with Gasteiger partial charge < -0.3 is 4.57 Å². The molecule has 0 bridgehead atoms. The second kappa shape index (κ2) is 7.90. The second-order valence-corrected chi connectivity index (χ2v) is 9.91. The molecule has 2 aromatic heterocycles. The molecule has 0 N–H and O–H groups in total. The van der Waals surface area contributed by atoms with Crippen molar-refractivity contribution in [1.29, 1.82) is 0 Å². The summed E-state index contributed by atoms with van der Waals surface area (Å²) >= 11 is 1.69. The highest BCUT2D eigenvalue weighted by molar-refractivity contribution is 7.99. The maximum absolute atomic E-state index is 11.9. The molecule has 5 nitrogen and oxygen atoms in total. The van der Waals surface area contributed by atoms with Crippen LogP contribution in [-0.2, 0) is 11.3 Å². The highest BCUT2D eigenvalue weighted by Crippen LogP contribution is 2.53. The van der Waals surface area contributed by atoms with Crippen LogP contribution < -0.4 is 0 Å². The maximum atomic E-state index is 11.9. The number of ketones is 1. The summed E-state index contributed by atoms with van der Waals surface area (Å²) in [6.07, 6.45) is 9.02. The molecule has 0 unspecified atom stereocenters. The molecular formula is C25H28N4OS. The van der Waals surface area contributed by atoms with E-state index in [1.54, 1.807) is 11.8 Å². The highest BCUT2D eigenvalue weighted by Gasteiger charge is 2.45. The number of fused-ring (bicyclic) bond motifs is 3. The Labute approximate surface area is 187 Å². The Morgan fingerprint density at radius 2 is 2.10 bits per heavy atom. The molecule has 0 fully saturated rings. The van der Waals surface area contributed by atoms with Crippen LogP contribution in [0.1, 0.15) is 40.0 Å². The fourth-order valence-corrected chi connectivity index (χ4v) is 6.49. The van der Waals surface area contributed by atoms with E-state index in [9.17, 15) is 4.79 Å². The van der Waals surface area contributed by atoms with Gasteiger partial charge in [0.2, 0.25) is 5.16 Å². The summed E-state index contributed by atoms with van der Waals surface area (Å²) in [7, 11) is 0. The van der Waals surface area contributed by atoms with Gasteiger partial charge in [-0.1, -0.05) is 61.5 Å². The number of thioether (sulfide) groups is 1. The zero-order valence-electron chi connectivity index (χ0n) is 18.3. The number of carbonyl (C=O) groups is 1. The summed E-state index contributed by atoms with van der Waals surface area (Å²) in [5, 5.41) is 10.9. The lowest BCUT2D eigenvalue weighted by Crippen LogP contribution is -2.33. The average molecular weight is 433 g/mol. The van der Waals surface area contributed by atoms with E-state index in [4.69, 9.17) is 4.98 Å². The number of aryl methyl sites for hydroxylation is 1. The third kappa shape index (κ3) is 3.32. The van der Waals surface area contributed by atoms with Crippen molar-refractivity contribution in [1.82, 2.24) is 19.7 Å². The lowest BCUT2D eigenvalue weighted by atomic mass is 9.66. The van der Waals surface area contributed by atoms with E-state index in [0.29, 0.717) is 18.3 Å². The Balaban J connectivity index is 1.44. The van der Waals surface area contributed by atoms with Crippen molar-refractivity contribution in [2.75, 3.05) is 5.75 Å². The Morgan fingerprint density at radius 3 is 2.84 bits per heavy atom. The van der Waals surface area contributed by atoms with Crippen molar-refractivity contribution in [2.24, 2.45) is 17.3 Å². The van der Waals surface area contributed by atoms with E-state index in [0.717, 1.165) is 52.4 Å². The standard InChI is InChI=1S/C25H28N4OS/c1-4-29-21-8-6-5-7-19(21)22-23(29)26-24(28-27-22)31-15-17-9-10-20(16(2)3)25(17)13-11-18(30)12-14-25/h5-8,10-11,13,16-17H,4,9,12,14-15H2,1-3H3/t17-,25+/m1/s1. The van der Waals surface area contributed by atoms with E-state index in [1.807, 2.05) is 12.1 Å². The van der Waals surface area contributed by atoms with Gasteiger partial charge >= 0.3 is 0 Å². The lowest BCUT2D eigenvalue weighted by molar-refractivity contribution is -0.115. The molecule has 5 rings (SSSR count). The van der Waals surface area contributed by atoms with Crippen molar-refractivity contribution in [3.05, 3.63) is 48.1 Å². The number of aromatic nitrogens is 4. The van der Waals surface area contributed by atoms with Crippen molar-refractivity contribution < 1.29 is 4.79 Å². The van der Waals surface area contributed by atoms with Gasteiger partial charge in [0.1, 0.15) is 5.52 Å². The molecule has 0 aliphatic heterocycles. The van der Waals surface area contributed by atoms with Crippen LogP contribution in [0.4, 0.5) is 0 Å². The average Bonchev–Trinajstić information content (AvgIpc) is 3.29. The SMILES string of the molecule is CCn1c2ccccc2c2nnc(SC[C@H]3CC=C(C(C)C)[C@]34C=CC(=O)CC4)nc21. The fraction of sp³-hybridized carbons (Fsp3) is 0.440. The predicted molar refractivity (Wildman–Crippen MR) is 126 cm³/mol. The summed E-state index contributed by atoms with van der Waals surface area (Å²) in [4.78, 5) is 16.8. The van der Waals surface area contributed by atoms with Gasteiger partial charge in [0, 0.05) is 29.5 Å². The normalized spacial score (nSPS) is 23.5. The molecule has 1 aromatic carbocycles. The first-order valence-corrected chi connectivity index (χ1v) is 12.2. The summed E-state index contributed by atoms with van der Waals surface area (Å²) in [5.41, 5.74) is 4.43. The highest BCUT2D eigenvalue weighted by atomic mass is 32.2. The summed E-state index contributed by atoms with van der Waals surface area (Å²) < 4.78 is 2.22. The zero-order valence-corrected chi connectivity index (χ0v) is 19.2. The first-order chi connectivity index (χ1) is 15.0. The molecule has 6 heteroatoms. The van der Waals surface area contributed by atoms with Crippen molar-refractivity contribution in [3.8, 4) is 0 Å². The molecular weight excluding hydrogens is 404 g/mol. The van der Waals surface area contributed by atoms with Crippen molar-refractivity contribution >= 4 is 39.6 Å². The van der Waals surface area contributed by atoms with Crippen LogP contribution in [0.15, 0.2) is 53.2 Å². The van der Waals surface area contributed by atoms with Crippen LogP contribution in [0, 0.1) is 17.3 Å². The Kier molecular flexibility index (Phi) is 5.21. The molecule has 160 valence electrons. The second-order valence-electron chi connectivity index (χ2n) is 8.93. The van der Waals surface area contributed by atoms with E-state index >= 15 is 0 Å². The molecule has 1 spiro atoms. The van der Waals surface area contributed by atoms with E-state index in [1.165, 1.54) is 5.57 Å². The van der Waals surface area contributed by atoms with Gasteiger partial charge in [-0.3, -0.25) is 4.79 Å². The summed E-state index contributed by atoms with van der Waals surface area (Å²) in [6.45, 7) is 7.51. The topological polar surface area (TPSA) is 60.7 Å². The van der Waals surface area contributed by atoms with E-state index in [-0.39, 0.29) is 11.2 Å². The summed E-state index contributed by atoms with van der Waals surface area (Å²) in [6, 6.07) is 8.29. The van der Waals surface area contributed by atoms with E-state index in [2.05, 4.69) is 65.9 Å². The van der Waals surface area contributed by atoms with Gasteiger partial charge in [0.25, 0.3) is 0 Å². The zero-order chi connectivity index (χ0) is 21.6. The molecule has 0 saturated carbocycles. The van der Waals surface area contributed by atoms with Crippen LogP contribution >= 0.6 is 11.8 Å². The number of carbonyl (C=O) groups excluding carboxylic acids is 1. The van der Waals surface area contributed by atoms with Gasteiger partial charge in [-0.25, -0.2) is 4.98 Å². The van der Waals surface area contributed by atoms with E-state index < -0.39 is 0 Å². The minimum atomic E-state index is 0.00488. The van der Waals surface area contributed by atoms with Gasteiger partial charge in [0.05, 0.1) is 5.52 Å². The molecule has 3 aromatic rings. The van der Waals surface area contributed by atoms with Crippen LogP contribution in [-0.4, -0.2) is 31.3 Å². The molecule has 0 radical (unpaired) electrons. The van der Waals surface area contributed by atoms with Crippen LogP contribution in [0.3, 0.4) is 0 Å². The van der Waals surface area contributed by atoms with Gasteiger partial charge in [-0.2, -0.15) is 0 Å². The smallest absolute Gasteiger partial charge is 0.211 e. The first-order valence-electron chi connectivity index (χ1n) is 11.2. The number of allylic oxidation sites excluding steroid dienone is 4. The number of hydrogen-bond acceptors (Lipinski definition) is 5. The quantitative estimate of drug-likeness (QED) is 0.388. The van der Waals surface area contributed by atoms with Crippen molar-refractivity contribution in [3.63, 3.8) is 0 Å².